The molecule has 2 fully saturated rings. The molecule has 2 aromatic carbocycles. The molecule has 0 bridgehead atoms. The first-order valence-electron chi connectivity index (χ1n) is 7.98. The molecule has 1 aromatic heterocycles. The molecule has 0 amide bonds. The van der Waals surface area contributed by atoms with Crippen molar-refractivity contribution in [3.05, 3.63) is 57.7 Å². The minimum absolute atomic E-state index is 0.0361. The summed E-state index contributed by atoms with van der Waals surface area (Å²) >= 11 is 0. The highest BCUT2D eigenvalue weighted by Gasteiger charge is 2.24. The molecule has 4 heteroatoms. The van der Waals surface area contributed by atoms with E-state index in [1.807, 2.05) is 36.4 Å². The smallest absolute Gasteiger partial charge is 0.200 e. The van der Waals surface area contributed by atoms with Crippen LogP contribution in [0.2, 0.25) is 0 Å². The van der Waals surface area contributed by atoms with E-state index in [0.29, 0.717) is 34.1 Å². The lowest BCUT2D eigenvalue weighted by molar-refractivity contribution is 0.407. The van der Waals surface area contributed by atoms with Gasteiger partial charge in [-0.25, -0.2) is 0 Å². The number of rotatable bonds is 4. The van der Waals surface area contributed by atoms with E-state index in [1.54, 1.807) is 0 Å². The Morgan fingerprint density at radius 2 is 1.48 bits per heavy atom. The van der Waals surface area contributed by atoms with Crippen molar-refractivity contribution in [1.29, 1.82) is 0 Å². The van der Waals surface area contributed by atoms with Gasteiger partial charge in [-0.1, -0.05) is 12.1 Å². The van der Waals surface area contributed by atoms with E-state index < -0.39 is 0 Å². The van der Waals surface area contributed by atoms with Crippen molar-refractivity contribution in [2.24, 2.45) is 0 Å². The summed E-state index contributed by atoms with van der Waals surface area (Å²) in [5.41, 5.74) is 3.59. The van der Waals surface area contributed by atoms with Crippen LogP contribution in [0.1, 0.15) is 11.1 Å². The van der Waals surface area contributed by atoms with Gasteiger partial charge in [-0.05, 0) is 35.4 Å². The predicted octanol–water partition coefficient (Wildman–Crippen LogP) is 2.83. The molecule has 2 saturated heterocycles. The Kier molecular flexibility index (Phi) is 2.84. The van der Waals surface area contributed by atoms with Crippen molar-refractivity contribution >= 4 is 21.9 Å². The lowest BCUT2D eigenvalue weighted by Crippen LogP contribution is -2.04. The topological polar surface area (TPSA) is 55.3 Å². The van der Waals surface area contributed by atoms with E-state index in [1.165, 1.54) is 0 Å². The molecule has 0 spiro atoms. The van der Waals surface area contributed by atoms with Gasteiger partial charge in [-0.15, -0.1) is 0 Å². The monoisotopic (exact) mass is 308 g/mol. The van der Waals surface area contributed by atoms with Crippen LogP contribution in [0.3, 0.4) is 0 Å². The molecular weight excluding hydrogens is 292 g/mol. The average molecular weight is 308 g/mol. The summed E-state index contributed by atoms with van der Waals surface area (Å²) in [5.74, 6) is 0. The third kappa shape index (κ3) is 2.54. The van der Waals surface area contributed by atoms with Gasteiger partial charge in [0.2, 0.25) is 5.43 Å². The molecule has 2 unspecified atom stereocenters. The van der Waals surface area contributed by atoms with E-state index in [9.17, 15) is 4.79 Å². The zero-order valence-electron chi connectivity index (χ0n) is 12.6. The number of hydrogen-bond donors (Lipinski definition) is 0. The lowest BCUT2D eigenvalue weighted by atomic mass is 10.0. The fourth-order valence-electron chi connectivity index (χ4n) is 3.10. The van der Waals surface area contributed by atoms with Crippen molar-refractivity contribution in [2.75, 3.05) is 13.2 Å². The second-order valence-electron chi connectivity index (χ2n) is 6.41. The lowest BCUT2D eigenvalue weighted by Gasteiger charge is -2.05. The van der Waals surface area contributed by atoms with Crippen LogP contribution in [0, 0.1) is 0 Å². The Labute approximate surface area is 132 Å². The van der Waals surface area contributed by atoms with Crippen molar-refractivity contribution in [3.8, 4) is 0 Å². The highest BCUT2D eigenvalue weighted by molar-refractivity contribution is 5.90. The van der Waals surface area contributed by atoms with Crippen LogP contribution in [-0.2, 0) is 22.3 Å². The van der Waals surface area contributed by atoms with Crippen LogP contribution in [-0.4, -0.2) is 25.4 Å². The molecule has 116 valence electrons. The minimum Gasteiger partial charge on any atom is -0.456 e. The Balaban J connectivity index is 1.63. The second-order valence-corrected chi connectivity index (χ2v) is 6.41. The molecule has 23 heavy (non-hydrogen) atoms. The van der Waals surface area contributed by atoms with Crippen LogP contribution in [0.5, 0.6) is 0 Å². The molecule has 2 aliphatic rings. The van der Waals surface area contributed by atoms with Gasteiger partial charge in [0.05, 0.1) is 36.2 Å². The molecule has 0 N–H and O–H groups in total. The molecule has 4 nitrogen and oxygen atoms in total. The Morgan fingerprint density at radius 3 is 2.17 bits per heavy atom. The zero-order valence-corrected chi connectivity index (χ0v) is 12.6. The van der Waals surface area contributed by atoms with Gasteiger partial charge < -0.3 is 13.9 Å². The Morgan fingerprint density at radius 1 is 0.826 bits per heavy atom. The fourth-order valence-corrected chi connectivity index (χ4v) is 3.10. The second kappa shape index (κ2) is 4.91. The zero-order chi connectivity index (χ0) is 15.4. The van der Waals surface area contributed by atoms with Gasteiger partial charge in [0.25, 0.3) is 0 Å². The summed E-state index contributed by atoms with van der Waals surface area (Å²) in [7, 11) is 0. The summed E-state index contributed by atoms with van der Waals surface area (Å²) in [6.45, 7) is 1.64. The Bertz CT molecular complexity index is 964. The van der Waals surface area contributed by atoms with Crippen molar-refractivity contribution < 1.29 is 13.9 Å². The highest BCUT2D eigenvalue weighted by atomic mass is 16.6. The van der Waals surface area contributed by atoms with Gasteiger partial charge in [0.15, 0.2) is 0 Å². The summed E-state index contributed by atoms with van der Waals surface area (Å²) in [6.07, 6.45) is 2.37. The van der Waals surface area contributed by atoms with Crippen LogP contribution in [0.25, 0.3) is 21.9 Å². The van der Waals surface area contributed by atoms with Crippen molar-refractivity contribution in [2.45, 2.75) is 25.0 Å². The molecule has 0 aliphatic carbocycles. The quantitative estimate of drug-likeness (QED) is 0.549. The molecular formula is C19H16O4. The van der Waals surface area contributed by atoms with Crippen LogP contribution < -0.4 is 5.43 Å². The summed E-state index contributed by atoms with van der Waals surface area (Å²) in [4.78, 5) is 12.8. The number of ether oxygens (including phenoxy) is 2. The number of benzene rings is 2. The number of fused-ring (bicyclic) bond motifs is 2. The third-order valence-electron chi connectivity index (χ3n) is 4.53. The van der Waals surface area contributed by atoms with Gasteiger partial charge >= 0.3 is 0 Å². The minimum atomic E-state index is 0.0361. The molecule has 3 aromatic rings. The first-order valence-corrected chi connectivity index (χ1v) is 7.98. The fraction of sp³-hybridized carbons (Fsp3) is 0.316. The maximum Gasteiger partial charge on any atom is 0.200 e. The highest BCUT2D eigenvalue weighted by Crippen LogP contribution is 2.24. The van der Waals surface area contributed by atoms with Crippen LogP contribution in [0.15, 0.2) is 45.6 Å². The van der Waals surface area contributed by atoms with E-state index in [4.69, 9.17) is 13.9 Å². The summed E-state index contributed by atoms with van der Waals surface area (Å²) < 4.78 is 16.5. The van der Waals surface area contributed by atoms with E-state index >= 15 is 0 Å². The predicted molar refractivity (Wildman–Crippen MR) is 86.9 cm³/mol. The molecule has 0 radical (unpaired) electrons. The van der Waals surface area contributed by atoms with Crippen LogP contribution in [0.4, 0.5) is 0 Å². The molecule has 5 rings (SSSR count). The average Bonchev–Trinajstić information content (AvgIpc) is 3.45. The summed E-state index contributed by atoms with van der Waals surface area (Å²) in [6, 6.07) is 11.7. The molecule has 2 atom stereocenters. The first kappa shape index (κ1) is 13.3. The van der Waals surface area contributed by atoms with Gasteiger partial charge in [0.1, 0.15) is 11.2 Å². The van der Waals surface area contributed by atoms with E-state index in [2.05, 4.69) is 0 Å². The van der Waals surface area contributed by atoms with Gasteiger partial charge in [0, 0.05) is 12.8 Å². The van der Waals surface area contributed by atoms with Gasteiger partial charge in [-0.2, -0.15) is 0 Å². The molecule has 2 aliphatic heterocycles. The van der Waals surface area contributed by atoms with Crippen molar-refractivity contribution in [3.63, 3.8) is 0 Å². The standard InChI is InChI=1S/C19H16O4/c20-19-15-3-1-12(6-14-10-22-14)8-18(15)23-17-4-2-11(7-16(17)19)5-13-9-21-13/h1-4,7-8,13-14H,5-6,9-10H2. The summed E-state index contributed by atoms with van der Waals surface area (Å²) in [5, 5.41) is 1.28. The number of epoxide rings is 2. The largest absolute Gasteiger partial charge is 0.456 e. The third-order valence-corrected chi connectivity index (χ3v) is 4.53. The van der Waals surface area contributed by atoms with E-state index in [-0.39, 0.29) is 5.43 Å². The maximum absolute atomic E-state index is 12.8. The SMILES string of the molecule is O=c1c2ccc(CC3CO3)cc2oc2ccc(CC3CO3)cc12. The first-order chi connectivity index (χ1) is 11.3. The van der Waals surface area contributed by atoms with Crippen LogP contribution >= 0.6 is 0 Å². The number of hydrogen-bond acceptors (Lipinski definition) is 4. The molecule has 3 heterocycles. The molecule has 0 saturated carbocycles. The van der Waals surface area contributed by atoms with Gasteiger partial charge in [-0.3, -0.25) is 4.79 Å². The Hall–Kier alpha value is -2.17. The maximum atomic E-state index is 12.8. The van der Waals surface area contributed by atoms with E-state index in [0.717, 1.165) is 37.2 Å². The normalized spacial score (nSPS) is 22.6. The van der Waals surface area contributed by atoms with Crippen molar-refractivity contribution in [1.82, 2.24) is 0 Å².